The summed E-state index contributed by atoms with van der Waals surface area (Å²) in [6, 6.07) is 0.162. The Morgan fingerprint density at radius 3 is 2.55 bits per heavy atom. The monoisotopic (exact) mass is 302 g/mol. The van der Waals surface area contributed by atoms with Crippen LogP contribution in [-0.2, 0) is 9.84 Å². The highest BCUT2D eigenvalue weighted by molar-refractivity contribution is 7.91. The Hall–Kier alpha value is -0.130. The van der Waals surface area contributed by atoms with Crippen molar-refractivity contribution in [2.24, 2.45) is 17.6 Å². The molecule has 1 aliphatic heterocycles. The largest absolute Gasteiger partial charge is 0.329 e. The molecule has 118 valence electrons. The van der Waals surface area contributed by atoms with Gasteiger partial charge in [0, 0.05) is 18.1 Å². The summed E-state index contributed by atoms with van der Waals surface area (Å²) in [5.41, 5.74) is 6.16. The highest BCUT2D eigenvalue weighted by atomic mass is 32.2. The number of nitrogens with zero attached hydrogens (tertiary/aromatic N) is 1. The predicted octanol–water partition coefficient (Wildman–Crippen LogP) is 1.65. The molecule has 2 fully saturated rings. The van der Waals surface area contributed by atoms with Crippen molar-refractivity contribution in [1.82, 2.24) is 4.90 Å². The molecule has 0 aromatic carbocycles. The zero-order valence-electron chi connectivity index (χ0n) is 13.1. The maximum absolute atomic E-state index is 11.7. The molecule has 4 nitrogen and oxygen atoms in total. The number of sulfone groups is 1. The Morgan fingerprint density at radius 1 is 1.35 bits per heavy atom. The summed E-state index contributed by atoms with van der Waals surface area (Å²) < 4.78 is 23.5. The minimum Gasteiger partial charge on any atom is -0.329 e. The first-order valence-corrected chi connectivity index (χ1v) is 9.75. The maximum Gasteiger partial charge on any atom is 0.151 e. The van der Waals surface area contributed by atoms with Crippen LogP contribution in [0.1, 0.15) is 46.0 Å². The van der Waals surface area contributed by atoms with Crippen LogP contribution in [0.15, 0.2) is 0 Å². The van der Waals surface area contributed by atoms with E-state index in [1.807, 2.05) is 0 Å². The highest BCUT2D eigenvalue weighted by Gasteiger charge is 2.44. The number of likely N-dealkylation sites (N-methyl/N-ethyl adjacent to an activating group) is 1. The minimum atomic E-state index is -2.83. The van der Waals surface area contributed by atoms with Crippen molar-refractivity contribution in [3.05, 3.63) is 0 Å². The van der Waals surface area contributed by atoms with Crippen LogP contribution in [0, 0.1) is 11.8 Å². The van der Waals surface area contributed by atoms with Gasteiger partial charge in [-0.3, -0.25) is 4.90 Å². The Kier molecular flexibility index (Phi) is 4.82. The fourth-order valence-electron chi connectivity index (χ4n) is 4.07. The first kappa shape index (κ1) is 16.2. The number of rotatable bonds is 4. The van der Waals surface area contributed by atoms with Crippen LogP contribution in [0.25, 0.3) is 0 Å². The first-order valence-electron chi connectivity index (χ1n) is 7.93. The molecule has 0 spiro atoms. The SMILES string of the molecule is CC(C)C1CCCC(CN)(N(C)C2CCS(=O)(=O)C2)C1. The van der Waals surface area contributed by atoms with E-state index in [1.165, 1.54) is 12.8 Å². The number of hydrogen-bond acceptors (Lipinski definition) is 4. The second-order valence-electron chi connectivity index (χ2n) is 7.20. The van der Waals surface area contributed by atoms with Crippen LogP contribution in [-0.4, -0.2) is 50.0 Å². The van der Waals surface area contributed by atoms with E-state index in [-0.39, 0.29) is 11.6 Å². The molecule has 0 bridgehead atoms. The second kappa shape index (κ2) is 5.93. The van der Waals surface area contributed by atoms with Crippen LogP contribution < -0.4 is 5.73 Å². The predicted molar refractivity (Wildman–Crippen MR) is 83.4 cm³/mol. The zero-order valence-corrected chi connectivity index (χ0v) is 14.0. The summed E-state index contributed by atoms with van der Waals surface area (Å²) in [5.74, 6) is 2.06. The van der Waals surface area contributed by atoms with Crippen molar-refractivity contribution in [1.29, 1.82) is 0 Å². The second-order valence-corrected chi connectivity index (χ2v) is 9.43. The third-order valence-electron chi connectivity index (χ3n) is 5.69. The molecular formula is C15H30N2O2S. The molecule has 3 unspecified atom stereocenters. The molecule has 1 saturated carbocycles. The van der Waals surface area contributed by atoms with Crippen LogP contribution in [0.2, 0.25) is 0 Å². The summed E-state index contributed by atoms with van der Waals surface area (Å²) >= 11 is 0. The maximum atomic E-state index is 11.7. The molecule has 1 saturated heterocycles. The van der Waals surface area contributed by atoms with Crippen molar-refractivity contribution < 1.29 is 8.42 Å². The van der Waals surface area contributed by atoms with Gasteiger partial charge in [0.1, 0.15) is 0 Å². The topological polar surface area (TPSA) is 63.4 Å². The highest BCUT2D eigenvalue weighted by Crippen LogP contribution is 2.40. The van der Waals surface area contributed by atoms with E-state index in [2.05, 4.69) is 25.8 Å². The Balaban J connectivity index is 2.14. The van der Waals surface area contributed by atoms with E-state index >= 15 is 0 Å². The smallest absolute Gasteiger partial charge is 0.151 e. The van der Waals surface area contributed by atoms with Crippen LogP contribution >= 0.6 is 0 Å². The van der Waals surface area contributed by atoms with Gasteiger partial charge in [-0.2, -0.15) is 0 Å². The normalized spacial score (nSPS) is 37.7. The lowest BCUT2D eigenvalue weighted by Crippen LogP contribution is -2.58. The van der Waals surface area contributed by atoms with Gasteiger partial charge < -0.3 is 5.73 Å². The zero-order chi connectivity index (χ0) is 15.0. The standard InChI is InChI=1S/C15H30N2O2S/c1-12(2)13-5-4-7-15(9-13,11-16)17(3)14-6-8-20(18,19)10-14/h12-14H,4-11,16H2,1-3H3. The van der Waals surface area contributed by atoms with Gasteiger partial charge in [0.15, 0.2) is 9.84 Å². The van der Waals surface area contributed by atoms with Gasteiger partial charge in [-0.1, -0.05) is 26.7 Å². The van der Waals surface area contributed by atoms with Crippen molar-refractivity contribution in [3.8, 4) is 0 Å². The molecule has 0 radical (unpaired) electrons. The quantitative estimate of drug-likeness (QED) is 0.857. The summed E-state index contributed by atoms with van der Waals surface area (Å²) in [6.07, 6.45) is 5.50. The van der Waals surface area contributed by atoms with Crippen molar-refractivity contribution in [3.63, 3.8) is 0 Å². The lowest BCUT2D eigenvalue weighted by atomic mass is 9.70. The molecule has 0 aromatic rings. The van der Waals surface area contributed by atoms with Gasteiger partial charge in [-0.25, -0.2) is 8.42 Å². The van der Waals surface area contributed by atoms with E-state index in [0.717, 1.165) is 19.3 Å². The fourth-order valence-corrected chi connectivity index (χ4v) is 5.85. The third kappa shape index (κ3) is 3.20. The van der Waals surface area contributed by atoms with Crippen LogP contribution in [0.5, 0.6) is 0 Å². The van der Waals surface area contributed by atoms with Gasteiger partial charge in [0.25, 0.3) is 0 Å². The Morgan fingerprint density at radius 2 is 2.05 bits per heavy atom. The molecule has 20 heavy (non-hydrogen) atoms. The molecule has 2 aliphatic rings. The molecule has 3 atom stereocenters. The van der Waals surface area contributed by atoms with Gasteiger partial charge in [0.2, 0.25) is 0 Å². The summed E-state index contributed by atoms with van der Waals surface area (Å²) in [5, 5.41) is 0. The molecule has 2 N–H and O–H groups in total. The van der Waals surface area contributed by atoms with Crippen molar-refractivity contribution >= 4 is 9.84 Å². The molecule has 5 heteroatoms. The average molecular weight is 302 g/mol. The molecule has 0 aromatic heterocycles. The van der Waals surface area contributed by atoms with E-state index in [9.17, 15) is 8.42 Å². The lowest BCUT2D eigenvalue weighted by Gasteiger charge is -2.49. The van der Waals surface area contributed by atoms with E-state index in [4.69, 9.17) is 5.73 Å². The minimum absolute atomic E-state index is 0.0116. The third-order valence-corrected chi connectivity index (χ3v) is 7.44. The van der Waals surface area contributed by atoms with Gasteiger partial charge in [0.05, 0.1) is 11.5 Å². The van der Waals surface area contributed by atoms with Crippen LogP contribution in [0.3, 0.4) is 0 Å². The van der Waals surface area contributed by atoms with Crippen LogP contribution in [0.4, 0.5) is 0 Å². The van der Waals surface area contributed by atoms with Crippen molar-refractivity contribution in [2.75, 3.05) is 25.1 Å². The van der Waals surface area contributed by atoms with E-state index in [1.54, 1.807) is 0 Å². The Bertz CT molecular complexity index is 435. The summed E-state index contributed by atoms with van der Waals surface area (Å²) in [4.78, 5) is 2.33. The first-order chi connectivity index (χ1) is 9.30. The van der Waals surface area contributed by atoms with Crippen molar-refractivity contribution in [2.45, 2.75) is 57.5 Å². The van der Waals surface area contributed by atoms with E-state index < -0.39 is 9.84 Å². The van der Waals surface area contributed by atoms with Gasteiger partial charge in [-0.05, 0) is 38.1 Å². The number of nitrogens with two attached hydrogens (primary N) is 1. The summed E-state index contributed by atoms with van der Waals surface area (Å²) in [6.45, 7) is 5.22. The number of hydrogen-bond donors (Lipinski definition) is 1. The molecule has 0 amide bonds. The molecule has 1 heterocycles. The molecule has 1 aliphatic carbocycles. The summed E-state index contributed by atoms with van der Waals surface area (Å²) in [7, 11) is -0.728. The van der Waals surface area contributed by atoms with Gasteiger partial charge >= 0.3 is 0 Å². The Labute approximate surface area is 124 Å². The lowest BCUT2D eigenvalue weighted by molar-refractivity contribution is 0.0216. The van der Waals surface area contributed by atoms with E-state index in [0.29, 0.717) is 29.9 Å². The molecule has 2 rings (SSSR count). The van der Waals surface area contributed by atoms with Gasteiger partial charge in [-0.15, -0.1) is 0 Å². The fraction of sp³-hybridized carbons (Fsp3) is 1.00. The average Bonchev–Trinajstić information content (AvgIpc) is 2.78. The molecular weight excluding hydrogens is 272 g/mol.